The molecule has 3 saturated carbocycles. The van der Waals surface area contributed by atoms with Crippen LogP contribution < -0.4 is 5.32 Å². The molecule has 0 radical (unpaired) electrons. The Bertz CT molecular complexity index is 1030. The van der Waals surface area contributed by atoms with E-state index in [0.717, 1.165) is 38.5 Å². The monoisotopic (exact) mass is 577 g/mol. The van der Waals surface area contributed by atoms with Crippen LogP contribution in [0.15, 0.2) is 11.6 Å². The molecule has 4 fully saturated rings. The van der Waals surface area contributed by atoms with E-state index in [4.69, 9.17) is 4.74 Å². The van der Waals surface area contributed by atoms with Crippen molar-refractivity contribution in [1.82, 2.24) is 5.32 Å². The Morgan fingerprint density at radius 2 is 1.80 bits per heavy atom. The number of hydrogen-bond acceptors (Lipinski definition) is 7. The van der Waals surface area contributed by atoms with Gasteiger partial charge >= 0.3 is 5.97 Å². The molecule has 5 rings (SSSR count). The number of carboxylic acid groups (broad SMARTS) is 1. The molecule has 0 bridgehead atoms. The molecule has 0 aromatic heterocycles. The minimum atomic E-state index is -1.33. The molecule has 1 unspecified atom stereocenters. The summed E-state index contributed by atoms with van der Waals surface area (Å²) in [5.41, 5.74) is 1.20. The van der Waals surface area contributed by atoms with Gasteiger partial charge in [0, 0.05) is 19.3 Å². The highest BCUT2D eigenvalue weighted by molar-refractivity contribution is 5.73. The van der Waals surface area contributed by atoms with E-state index in [1.807, 2.05) is 0 Å². The van der Waals surface area contributed by atoms with E-state index in [9.17, 15) is 35.1 Å². The van der Waals surface area contributed by atoms with Crippen LogP contribution in [-0.2, 0) is 14.3 Å². The van der Waals surface area contributed by atoms with Gasteiger partial charge in [-0.1, -0.05) is 32.4 Å². The molecule has 4 aliphatic carbocycles. The normalized spacial score (nSPS) is 48.3. The minimum absolute atomic E-state index is 0.0277. The summed E-state index contributed by atoms with van der Waals surface area (Å²) in [5.74, 6) is 0.326. The molecule has 9 nitrogen and oxygen atoms in total. The van der Waals surface area contributed by atoms with Crippen LogP contribution in [-0.4, -0.2) is 80.6 Å². The summed E-state index contributed by atoms with van der Waals surface area (Å²) in [4.78, 5) is 23.7. The fourth-order valence-corrected chi connectivity index (χ4v) is 10.4. The lowest BCUT2D eigenvalue weighted by Gasteiger charge is -2.62. The van der Waals surface area contributed by atoms with Crippen molar-refractivity contribution in [1.29, 1.82) is 0 Å². The van der Waals surface area contributed by atoms with Gasteiger partial charge in [-0.3, -0.25) is 9.59 Å². The van der Waals surface area contributed by atoms with E-state index < -0.39 is 49.1 Å². The van der Waals surface area contributed by atoms with Crippen molar-refractivity contribution >= 4 is 11.9 Å². The second-order valence-corrected chi connectivity index (χ2v) is 14.5. The van der Waals surface area contributed by atoms with Crippen LogP contribution in [0.4, 0.5) is 0 Å². The number of amides is 1. The van der Waals surface area contributed by atoms with Crippen LogP contribution in [0.3, 0.4) is 0 Å². The fraction of sp³-hybridized carbons (Fsp3) is 0.875. The van der Waals surface area contributed by atoms with Crippen LogP contribution in [0.25, 0.3) is 0 Å². The minimum Gasteiger partial charge on any atom is -0.481 e. The van der Waals surface area contributed by atoms with Gasteiger partial charge in [0.05, 0.1) is 24.9 Å². The smallest absolute Gasteiger partial charge is 0.303 e. The number of aliphatic hydroxyl groups excluding tert-OH is 4. The second-order valence-electron chi connectivity index (χ2n) is 14.5. The number of nitrogens with one attached hydrogen (secondary N) is 1. The molecule has 1 aliphatic heterocycles. The summed E-state index contributed by atoms with van der Waals surface area (Å²) >= 11 is 0. The first kappa shape index (κ1) is 30.9. The summed E-state index contributed by atoms with van der Waals surface area (Å²) in [7, 11) is 0. The van der Waals surface area contributed by atoms with Gasteiger partial charge in [-0.05, 0) is 91.8 Å². The standard InChI is InChI=1S/C32H51NO8/c1-16(5-8-25(37)38)21-6-7-22-26-20(30-27(33-17(2)35)29(40)28(39)24(15-34)41-30)14-18-13-19(36)9-11-31(18,3)23(26)10-12-32(21,22)4/h14,16,19-24,26-30,34,36,39-40H,5-13,15H2,1-4H3,(H,33,35)(H,37,38)/t16-,19+,20+,21-,22+,23+,24-,26+,27-,28-,29-,30?,31+,32-/m1/s1. The summed E-state index contributed by atoms with van der Waals surface area (Å²) in [6.07, 6.45) is 4.92. The van der Waals surface area contributed by atoms with Crippen molar-refractivity contribution < 1.29 is 39.9 Å². The van der Waals surface area contributed by atoms with Crippen molar-refractivity contribution in [3.8, 4) is 0 Å². The maximum absolute atomic E-state index is 12.3. The molecule has 0 aromatic carbocycles. The lowest BCUT2D eigenvalue weighted by Crippen LogP contribution is -2.67. The lowest BCUT2D eigenvalue weighted by atomic mass is 9.44. The predicted octanol–water partition coefficient (Wildman–Crippen LogP) is 2.64. The van der Waals surface area contributed by atoms with E-state index in [0.29, 0.717) is 36.5 Å². The highest BCUT2D eigenvalue weighted by atomic mass is 16.5. The maximum Gasteiger partial charge on any atom is 0.303 e. The Morgan fingerprint density at radius 1 is 1.07 bits per heavy atom. The van der Waals surface area contributed by atoms with Crippen LogP contribution in [0.1, 0.15) is 85.5 Å². The average molecular weight is 578 g/mol. The van der Waals surface area contributed by atoms with Gasteiger partial charge in [0.25, 0.3) is 0 Å². The van der Waals surface area contributed by atoms with E-state index in [1.165, 1.54) is 12.5 Å². The highest BCUT2D eigenvalue weighted by Crippen LogP contribution is 2.69. The van der Waals surface area contributed by atoms with Crippen molar-refractivity contribution in [3.63, 3.8) is 0 Å². The van der Waals surface area contributed by atoms with E-state index in [2.05, 4.69) is 32.2 Å². The second kappa shape index (κ2) is 11.5. The number of carbonyl (C=O) groups is 2. The Kier molecular flexibility index (Phi) is 8.69. The number of aliphatic carboxylic acids is 1. The van der Waals surface area contributed by atoms with Gasteiger partial charge in [-0.25, -0.2) is 0 Å². The fourth-order valence-electron chi connectivity index (χ4n) is 10.4. The van der Waals surface area contributed by atoms with E-state index in [1.54, 1.807) is 0 Å². The van der Waals surface area contributed by atoms with Gasteiger partial charge in [-0.2, -0.15) is 0 Å². The highest BCUT2D eigenvalue weighted by Gasteiger charge is 2.63. The third-order valence-electron chi connectivity index (χ3n) is 12.5. The number of aliphatic hydroxyl groups is 4. The maximum atomic E-state index is 12.3. The molecule has 14 atom stereocenters. The number of ether oxygens (including phenoxy) is 1. The molecule has 1 amide bonds. The number of carboxylic acids is 1. The topological polar surface area (TPSA) is 157 Å². The van der Waals surface area contributed by atoms with Crippen molar-refractivity contribution in [2.75, 3.05) is 6.61 Å². The quantitative estimate of drug-likeness (QED) is 0.252. The molecule has 9 heteroatoms. The molecule has 5 aliphatic rings. The Morgan fingerprint density at radius 3 is 2.46 bits per heavy atom. The predicted molar refractivity (Wildman–Crippen MR) is 151 cm³/mol. The van der Waals surface area contributed by atoms with Gasteiger partial charge < -0.3 is 35.6 Å². The lowest BCUT2D eigenvalue weighted by molar-refractivity contribution is -0.217. The van der Waals surface area contributed by atoms with E-state index in [-0.39, 0.29) is 35.0 Å². The Hall–Kier alpha value is -1.52. The van der Waals surface area contributed by atoms with Crippen molar-refractivity contribution in [3.05, 3.63) is 11.6 Å². The molecule has 1 saturated heterocycles. The third-order valence-corrected chi connectivity index (χ3v) is 12.5. The van der Waals surface area contributed by atoms with Crippen molar-refractivity contribution in [2.24, 2.45) is 46.3 Å². The zero-order chi connectivity index (χ0) is 29.9. The average Bonchev–Trinajstić information content (AvgIpc) is 3.27. The number of fused-ring (bicyclic) bond motifs is 5. The summed E-state index contributed by atoms with van der Waals surface area (Å²) in [6, 6.07) is -0.842. The molecule has 1 heterocycles. The zero-order valence-corrected chi connectivity index (χ0v) is 25.0. The van der Waals surface area contributed by atoms with Crippen LogP contribution in [0.2, 0.25) is 0 Å². The molecule has 0 aromatic rings. The van der Waals surface area contributed by atoms with Crippen LogP contribution >= 0.6 is 0 Å². The first-order valence-electron chi connectivity index (χ1n) is 15.8. The Balaban J connectivity index is 1.57. The molecule has 41 heavy (non-hydrogen) atoms. The van der Waals surface area contributed by atoms with E-state index >= 15 is 0 Å². The molecule has 0 spiro atoms. The first-order chi connectivity index (χ1) is 19.3. The molecular formula is C32H51NO8. The van der Waals surface area contributed by atoms with Gasteiger partial charge in [0.2, 0.25) is 5.91 Å². The number of hydrogen-bond donors (Lipinski definition) is 6. The third kappa shape index (κ3) is 5.28. The number of carbonyl (C=O) groups excluding carboxylic acids is 1. The van der Waals surface area contributed by atoms with Gasteiger partial charge in [0.15, 0.2) is 0 Å². The summed E-state index contributed by atoms with van der Waals surface area (Å²) in [6.45, 7) is 7.90. The molecule has 232 valence electrons. The summed E-state index contributed by atoms with van der Waals surface area (Å²) < 4.78 is 6.43. The summed E-state index contributed by atoms with van der Waals surface area (Å²) in [5, 5.41) is 54.9. The molecular weight excluding hydrogens is 526 g/mol. The zero-order valence-electron chi connectivity index (χ0n) is 25.0. The molecule has 6 N–H and O–H groups in total. The first-order valence-corrected chi connectivity index (χ1v) is 15.8. The van der Waals surface area contributed by atoms with Crippen LogP contribution in [0.5, 0.6) is 0 Å². The van der Waals surface area contributed by atoms with Gasteiger partial charge in [-0.15, -0.1) is 0 Å². The van der Waals surface area contributed by atoms with Crippen molar-refractivity contribution in [2.45, 2.75) is 122 Å². The van der Waals surface area contributed by atoms with Gasteiger partial charge in [0.1, 0.15) is 18.3 Å². The SMILES string of the molecule is CC(=O)N[C@H]1C([C@H]2C=C3C[C@@H](O)CC[C@]3(C)[C@H]3CC[C@]4(C)[C@@H]([C@H](C)CCC(=O)O)CC[C@H]4[C@H]23)O[C@H](CO)[C@@H](O)[C@@H]1O. The largest absolute Gasteiger partial charge is 0.481 e. The Labute approximate surface area is 243 Å². The van der Waals surface area contributed by atoms with Crippen LogP contribution in [0, 0.1) is 46.3 Å². The number of rotatable bonds is 7.